The van der Waals surface area contributed by atoms with Crippen molar-refractivity contribution in [1.82, 2.24) is 9.47 Å². The van der Waals surface area contributed by atoms with Crippen LogP contribution in [0.15, 0.2) is 59.5 Å². The molecule has 0 radical (unpaired) electrons. The van der Waals surface area contributed by atoms with E-state index in [2.05, 4.69) is 10.2 Å². The number of carbonyl (C=O) groups excluding carboxylic acids is 3. The predicted octanol–water partition coefficient (Wildman–Crippen LogP) is 5.62. The predicted molar refractivity (Wildman–Crippen MR) is 151 cm³/mol. The quantitative estimate of drug-likeness (QED) is 0.379. The van der Waals surface area contributed by atoms with E-state index in [0.29, 0.717) is 53.3 Å². The van der Waals surface area contributed by atoms with Crippen molar-refractivity contribution in [1.29, 1.82) is 0 Å². The third-order valence-electron chi connectivity index (χ3n) is 6.89. The van der Waals surface area contributed by atoms with Crippen molar-refractivity contribution in [2.24, 2.45) is 0 Å². The van der Waals surface area contributed by atoms with Crippen LogP contribution in [0.5, 0.6) is 0 Å². The van der Waals surface area contributed by atoms with Gasteiger partial charge >= 0.3 is 6.18 Å². The van der Waals surface area contributed by atoms with Gasteiger partial charge in [-0.25, -0.2) is 0 Å². The van der Waals surface area contributed by atoms with Crippen LogP contribution >= 0.6 is 11.8 Å². The molecule has 2 aromatic carbocycles. The van der Waals surface area contributed by atoms with Gasteiger partial charge in [0.15, 0.2) is 0 Å². The highest BCUT2D eigenvalue weighted by Gasteiger charge is 2.36. The van der Waals surface area contributed by atoms with Crippen LogP contribution in [0.25, 0.3) is 11.8 Å². The number of imide groups is 1. The average molecular weight is 585 g/mol. The molecule has 3 aromatic rings. The number of anilines is 2. The molecule has 8 nitrogen and oxygen atoms in total. The number of nitrogens with one attached hydrogen (secondary N) is 1. The molecule has 3 amide bonds. The molecule has 0 bridgehead atoms. The summed E-state index contributed by atoms with van der Waals surface area (Å²) in [6.45, 7) is 5.91. The highest BCUT2D eigenvalue weighted by atomic mass is 32.2. The van der Waals surface area contributed by atoms with Crippen LogP contribution in [-0.2, 0) is 20.5 Å². The number of amides is 3. The van der Waals surface area contributed by atoms with E-state index in [4.69, 9.17) is 4.74 Å². The smallest absolute Gasteiger partial charge is 0.378 e. The second-order valence-electron chi connectivity index (χ2n) is 9.67. The maximum Gasteiger partial charge on any atom is 0.416 e. The summed E-state index contributed by atoms with van der Waals surface area (Å²) in [5, 5.41) is 2.14. The van der Waals surface area contributed by atoms with E-state index in [1.165, 1.54) is 12.1 Å². The Bertz CT molecular complexity index is 1530. The first-order valence-corrected chi connectivity index (χ1v) is 13.7. The van der Waals surface area contributed by atoms with Gasteiger partial charge in [0.05, 0.1) is 23.7 Å². The minimum Gasteiger partial charge on any atom is -0.378 e. The van der Waals surface area contributed by atoms with Gasteiger partial charge in [0, 0.05) is 41.5 Å². The third kappa shape index (κ3) is 6.18. The third-order valence-corrected chi connectivity index (χ3v) is 7.80. The van der Waals surface area contributed by atoms with Crippen molar-refractivity contribution in [2.45, 2.75) is 20.0 Å². The Kier molecular flexibility index (Phi) is 7.96. The van der Waals surface area contributed by atoms with Crippen LogP contribution in [-0.4, -0.2) is 59.4 Å². The second kappa shape index (κ2) is 11.5. The number of ether oxygens (including phenoxy) is 1. The fourth-order valence-corrected chi connectivity index (χ4v) is 5.68. The first-order chi connectivity index (χ1) is 19.5. The van der Waals surface area contributed by atoms with Crippen molar-refractivity contribution in [2.75, 3.05) is 43.1 Å². The molecule has 1 N–H and O–H groups in total. The van der Waals surface area contributed by atoms with E-state index < -0.39 is 35.3 Å². The van der Waals surface area contributed by atoms with Crippen molar-refractivity contribution < 1.29 is 32.3 Å². The molecule has 2 saturated heterocycles. The lowest BCUT2D eigenvalue weighted by Crippen LogP contribution is -2.36. The summed E-state index contributed by atoms with van der Waals surface area (Å²) in [5.41, 5.74) is 2.95. The zero-order valence-electron chi connectivity index (χ0n) is 22.3. The van der Waals surface area contributed by atoms with Gasteiger partial charge in [0.1, 0.15) is 6.54 Å². The second-order valence-corrected chi connectivity index (χ2v) is 10.7. The summed E-state index contributed by atoms with van der Waals surface area (Å²) in [6.07, 6.45) is -2.95. The Hall–Kier alpha value is -4.03. The molecule has 214 valence electrons. The van der Waals surface area contributed by atoms with Crippen LogP contribution in [0.4, 0.5) is 29.3 Å². The number of thioether (sulfide) groups is 1. The van der Waals surface area contributed by atoms with Gasteiger partial charge in [-0.15, -0.1) is 0 Å². The van der Waals surface area contributed by atoms with Gasteiger partial charge in [-0.3, -0.25) is 19.3 Å². The molecule has 41 heavy (non-hydrogen) atoms. The summed E-state index contributed by atoms with van der Waals surface area (Å²) in [7, 11) is 0. The number of alkyl halides is 3. The van der Waals surface area contributed by atoms with Crippen LogP contribution in [0, 0.1) is 13.8 Å². The van der Waals surface area contributed by atoms with Crippen molar-refractivity contribution in [3.63, 3.8) is 0 Å². The molecule has 12 heteroatoms. The number of halogens is 3. The molecular formula is C29H27F3N4O4S. The molecule has 5 rings (SSSR count). The number of carbonyl (C=O) groups is 3. The zero-order chi connectivity index (χ0) is 29.3. The molecule has 0 atom stereocenters. The Morgan fingerprint density at radius 1 is 1.02 bits per heavy atom. The normalized spacial score (nSPS) is 17.0. The van der Waals surface area contributed by atoms with Crippen molar-refractivity contribution in [3.8, 4) is 5.69 Å². The van der Waals surface area contributed by atoms with Gasteiger partial charge in [-0.2, -0.15) is 13.2 Å². The molecular weight excluding hydrogens is 557 g/mol. The number of aryl methyl sites for hydroxylation is 1. The number of morpholine rings is 1. The Morgan fingerprint density at radius 2 is 1.73 bits per heavy atom. The fraction of sp³-hybridized carbons (Fsp3) is 0.276. The maximum atomic E-state index is 13.2. The first kappa shape index (κ1) is 28.5. The lowest BCUT2D eigenvalue weighted by Gasteiger charge is -2.28. The lowest BCUT2D eigenvalue weighted by atomic mass is 10.2. The van der Waals surface area contributed by atoms with Gasteiger partial charge in [0.2, 0.25) is 5.91 Å². The summed E-state index contributed by atoms with van der Waals surface area (Å²) < 4.78 is 46.8. The minimum absolute atomic E-state index is 0.127. The van der Waals surface area contributed by atoms with Gasteiger partial charge < -0.3 is 19.5 Å². The topological polar surface area (TPSA) is 83.9 Å². The summed E-state index contributed by atoms with van der Waals surface area (Å²) >= 11 is 0.713. The van der Waals surface area contributed by atoms with Gasteiger partial charge in [0.25, 0.3) is 11.1 Å². The molecule has 0 spiro atoms. The number of nitrogens with zero attached hydrogens (tertiary/aromatic N) is 3. The molecule has 0 saturated carbocycles. The van der Waals surface area contributed by atoms with Gasteiger partial charge in [-0.05, 0) is 85.8 Å². The van der Waals surface area contributed by atoms with Gasteiger partial charge in [-0.1, -0.05) is 6.07 Å². The molecule has 0 unspecified atom stereocenters. The SMILES string of the molecule is Cc1cc(/C=C2\SC(=O)N(CC(=O)Nc3ccc(N4CCOCC4)cc3)C2=O)c(C)n1-c1cccc(C(F)(F)F)c1. The Balaban J connectivity index is 1.27. The van der Waals surface area contributed by atoms with E-state index in [1.54, 1.807) is 42.7 Å². The van der Waals surface area contributed by atoms with Crippen LogP contribution in [0.2, 0.25) is 0 Å². The van der Waals surface area contributed by atoms with E-state index in [-0.39, 0.29) is 4.91 Å². The zero-order valence-corrected chi connectivity index (χ0v) is 23.1. The van der Waals surface area contributed by atoms with E-state index in [1.807, 2.05) is 12.1 Å². The number of benzene rings is 2. The molecule has 1 aromatic heterocycles. The first-order valence-electron chi connectivity index (χ1n) is 12.9. The molecule has 0 aliphatic carbocycles. The van der Waals surface area contributed by atoms with Crippen LogP contribution < -0.4 is 10.2 Å². The highest BCUT2D eigenvalue weighted by Crippen LogP contribution is 2.35. The number of hydrogen-bond acceptors (Lipinski definition) is 6. The Morgan fingerprint density at radius 3 is 2.41 bits per heavy atom. The van der Waals surface area contributed by atoms with Crippen molar-refractivity contribution >= 4 is 46.3 Å². The minimum atomic E-state index is -4.48. The average Bonchev–Trinajstić information content (AvgIpc) is 3.37. The standard InChI is InChI=1S/C29H27F3N4O4S/c1-18-14-20(19(2)36(18)24-5-3-4-21(16-24)29(30,31)32)15-25-27(38)35(28(39)41-25)17-26(37)33-22-6-8-23(9-7-22)34-10-12-40-13-11-34/h3-9,14-16H,10-13,17H2,1-2H3,(H,33,37)/b25-15-. The van der Waals surface area contributed by atoms with E-state index >= 15 is 0 Å². The Labute approximate surface area is 238 Å². The van der Waals surface area contributed by atoms with Crippen LogP contribution in [0.1, 0.15) is 22.5 Å². The molecule has 2 aliphatic rings. The highest BCUT2D eigenvalue weighted by molar-refractivity contribution is 8.18. The monoisotopic (exact) mass is 584 g/mol. The summed E-state index contributed by atoms with van der Waals surface area (Å²) in [5.74, 6) is -1.13. The fourth-order valence-electron chi connectivity index (χ4n) is 4.85. The summed E-state index contributed by atoms with van der Waals surface area (Å²) in [6, 6.07) is 14.0. The lowest BCUT2D eigenvalue weighted by molar-refractivity contribution is -0.137. The van der Waals surface area contributed by atoms with E-state index in [0.717, 1.165) is 35.8 Å². The van der Waals surface area contributed by atoms with E-state index in [9.17, 15) is 27.6 Å². The maximum absolute atomic E-state index is 13.2. The molecule has 3 heterocycles. The molecule has 2 fully saturated rings. The largest absolute Gasteiger partial charge is 0.416 e. The number of rotatable bonds is 6. The number of hydrogen-bond donors (Lipinski definition) is 1. The summed E-state index contributed by atoms with van der Waals surface area (Å²) in [4.78, 5) is 41.5. The van der Waals surface area contributed by atoms with Crippen LogP contribution in [0.3, 0.4) is 0 Å². The van der Waals surface area contributed by atoms with Crippen molar-refractivity contribution in [3.05, 3.63) is 82.0 Å². The number of aromatic nitrogens is 1. The molecule has 2 aliphatic heterocycles.